The van der Waals surface area contributed by atoms with Crippen LogP contribution in [0.25, 0.3) is 0 Å². The number of anilines is 1. The predicted octanol–water partition coefficient (Wildman–Crippen LogP) is 1.68. The Morgan fingerprint density at radius 2 is 1.54 bits per heavy atom. The molecule has 0 unspecified atom stereocenters. The zero-order valence-corrected chi connectivity index (χ0v) is 15.9. The van der Waals surface area contributed by atoms with E-state index in [1.165, 1.54) is 43.5 Å². The van der Waals surface area contributed by atoms with Gasteiger partial charge in [-0.05, 0) is 37.3 Å². The van der Waals surface area contributed by atoms with Gasteiger partial charge in [0.25, 0.3) is 0 Å². The Labute approximate surface area is 157 Å². The molecule has 4 rings (SSSR count). The van der Waals surface area contributed by atoms with E-state index in [-0.39, 0.29) is 0 Å². The zero-order valence-electron chi connectivity index (χ0n) is 15.9. The molecule has 0 aliphatic carbocycles. The van der Waals surface area contributed by atoms with Gasteiger partial charge < -0.3 is 9.80 Å². The topological polar surface area (TPSA) is 30.0 Å². The molecule has 1 aromatic rings. The van der Waals surface area contributed by atoms with E-state index in [0.717, 1.165) is 52.4 Å². The molecule has 5 heteroatoms. The van der Waals surface area contributed by atoms with Gasteiger partial charge in [-0.25, -0.2) is 0 Å². The summed E-state index contributed by atoms with van der Waals surface area (Å²) in [5.41, 5.74) is 2.94. The van der Waals surface area contributed by atoms with E-state index in [4.69, 9.17) is 0 Å². The maximum Gasteiger partial charge on any atom is 0.236 e. The second-order valence-corrected chi connectivity index (χ2v) is 7.92. The molecule has 2 fully saturated rings. The highest BCUT2D eigenvalue weighted by molar-refractivity contribution is 5.78. The number of hydrogen-bond donors (Lipinski definition) is 0. The second-order valence-electron chi connectivity index (χ2n) is 7.92. The molecule has 0 N–H and O–H groups in total. The van der Waals surface area contributed by atoms with Crippen LogP contribution in [0.3, 0.4) is 0 Å². The minimum atomic E-state index is 0.334. The lowest BCUT2D eigenvalue weighted by Crippen LogP contribution is -2.51. The van der Waals surface area contributed by atoms with E-state index < -0.39 is 0 Å². The van der Waals surface area contributed by atoms with Gasteiger partial charge in [0, 0.05) is 64.6 Å². The molecule has 3 aliphatic heterocycles. The fraction of sp³-hybridized carbons (Fsp3) is 0.667. The summed E-state index contributed by atoms with van der Waals surface area (Å²) in [5.74, 6) is 0.334. The van der Waals surface area contributed by atoms with Crippen molar-refractivity contribution in [2.75, 3.05) is 70.3 Å². The lowest BCUT2D eigenvalue weighted by Gasteiger charge is -2.37. The van der Waals surface area contributed by atoms with Crippen LogP contribution >= 0.6 is 0 Å². The van der Waals surface area contributed by atoms with Crippen molar-refractivity contribution in [1.29, 1.82) is 0 Å². The molecule has 1 aromatic carbocycles. The van der Waals surface area contributed by atoms with Crippen molar-refractivity contribution in [3.63, 3.8) is 0 Å². The number of carbonyl (C=O) groups excluding carboxylic acids is 1. The van der Waals surface area contributed by atoms with Gasteiger partial charge in [-0.15, -0.1) is 0 Å². The molecule has 3 aliphatic rings. The number of para-hydroxylation sites is 1. The number of rotatable bonds is 5. The summed E-state index contributed by atoms with van der Waals surface area (Å²) in [4.78, 5) is 21.8. The maximum atomic E-state index is 12.3. The SMILES string of the molecule is O=C(CN1CCN(CCN2CCCc3ccccc32)CC1)N1CCCC1. The van der Waals surface area contributed by atoms with E-state index in [1.807, 2.05) is 4.90 Å². The van der Waals surface area contributed by atoms with Crippen LogP contribution in [0.4, 0.5) is 5.69 Å². The summed E-state index contributed by atoms with van der Waals surface area (Å²) < 4.78 is 0. The van der Waals surface area contributed by atoms with Crippen LogP contribution in [0.2, 0.25) is 0 Å². The molecule has 5 nitrogen and oxygen atoms in total. The molecular formula is C21H32N4O. The summed E-state index contributed by atoms with van der Waals surface area (Å²) in [7, 11) is 0. The fourth-order valence-electron chi connectivity index (χ4n) is 4.53. The minimum absolute atomic E-state index is 0.334. The zero-order chi connectivity index (χ0) is 17.8. The Morgan fingerprint density at radius 3 is 2.35 bits per heavy atom. The third-order valence-electron chi connectivity index (χ3n) is 6.18. The molecule has 1 amide bonds. The summed E-state index contributed by atoms with van der Waals surface area (Å²) in [6.45, 7) is 10.2. The standard InChI is InChI=1S/C21H32N4O/c26-21(25-9-3-4-10-25)18-23-14-12-22(13-15-23)16-17-24-11-5-7-19-6-1-2-8-20(19)24/h1-2,6,8H,3-5,7,9-18H2. The maximum absolute atomic E-state index is 12.3. The molecule has 0 saturated carbocycles. The summed E-state index contributed by atoms with van der Waals surface area (Å²) in [6.07, 6.45) is 4.85. The number of piperazine rings is 1. The van der Waals surface area contributed by atoms with Crippen molar-refractivity contribution >= 4 is 11.6 Å². The Morgan fingerprint density at radius 1 is 0.808 bits per heavy atom. The van der Waals surface area contributed by atoms with Crippen molar-refractivity contribution in [1.82, 2.24) is 14.7 Å². The average Bonchev–Trinajstić information content (AvgIpc) is 3.22. The Bertz CT molecular complexity index is 606. The number of benzene rings is 1. The highest BCUT2D eigenvalue weighted by Crippen LogP contribution is 2.26. The molecule has 0 radical (unpaired) electrons. The fourth-order valence-corrected chi connectivity index (χ4v) is 4.53. The molecule has 0 aromatic heterocycles. The number of fused-ring (bicyclic) bond motifs is 1. The van der Waals surface area contributed by atoms with E-state index in [2.05, 4.69) is 39.0 Å². The molecule has 0 atom stereocenters. The molecule has 0 bridgehead atoms. The van der Waals surface area contributed by atoms with E-state index >= 15 is 0 Å². The largest absolute Gasteiger partial charge is 0.370 e. The quantitative estimate of drug-likeness (QED) is 0.803. The molecule has 26 heavy (non-hydrogen) atoms. The first-order valence-electron chi connectivity index (χ1n) is 10.3. The van der Waals surface area contributed by atoms with Gasteiger partial charge in [-0.1, -0.05) is 18.2 Å². The summed E-state index contributed by atoms with van der Waals surface area (Å²) >= 11 is 0. The van der Waals surface area contributed by atoms with Gasteiger partial charge >= 0.3 is 0 Å². The van der Waals surface area contributed by atoms with Crippen LogP contribution < -0.4 is 4.90 Å². The minimum Gasteiger partial charge on any atom is -0.370 e. The lowest BCUT2D eigenvalue weighted by molar-refractivity contribution is -0.131. The van der Waals surface area contributed by atoms with Crippen LogP contribution in [0.15, 0.2) is 24.3 Å². The first kappa shape index (κ1) is 17.8. The van der Waals surface area contributed by atoms with E-state index in [0.29, 0.717) is 12.5 Å². The van der Waals surface area contributed by atoms with Crippen molar-refractivity contribution in [2.45, 2.75) is 25.7 Å². The van der Waals surface area contributed by atoms with Crippen LogP contribution in [0, 0.1) is 0 Å². The van der Waals surface area contributed by atoms with Crippen LogP contribution in [-0.2, 0) is 11.2 Å². The normalized spacial score (nSPS) is 21.8. The third-order valence-corrected chi connectivity index (χ3v) is 6.18. The molecular weight excluding hydrogens is 324 g/mol. The molecule has 2 saturated heterocycles. The highest BCUT2D eigenvalue weighted by Gasteiger charge is 2.24. The third kappa shape index (κ3) is 4.21. The van der Waals surface area contributed by atoms with Crippen LogP contribution in [0.1, 0.15) is 24.8 Å². The summed E-state index contributed by atoms with van der Waals surface area (Å²) in [5, 5.41) is 0. The van der Waals surface area contributed by atoms with Gasteiger partial charge in [0.1, 0.15) is 0 Å². The van der Waals surface area contributed by atoms with Crippen LogP contribution in [0.5, 0.6) is 0 Å². The number of nitrogens with zero attached hydrogens (tertiary/aromatic N) is 4. The Balaban J connectivity index is 1.20. The van der Waals surface area contributed by atoms with Crippen molar-refractivity contribution < 1.29 is 4.79 Å². The number of aryl methyl sites for hydroxylation is 1. The van der Waals surface area contributed by atoms with Gasteiger partial charge in [0.05, 0.1) is 6.54 Å². The Hall–Kier alpha value is -1.59. The molecule has 142 valence electrons. The van der Waals surface area contributed by atoms with E-state index in [1.54, 1.807) is 0 Å². The van der Waals surface area contributed by atoms with E-state index in [9.17, 15) is 4.79 Å². The van der Waals surface area contributed by atoms with Gasteiger partial charge in [0.15, 0.2) is 0 Å². The average molecular weight is 357 g/mol. The van der Waals surface area contributed by atoms with Gasteiger partial charge in [-0.2, -0.15) is 0 Å². The smallest absolute Gasteiger partial charge is 0.236 e. The van der Waals surface area contributed by atoms with Gasteiger partial charge in [-0.3, -0.25) is 14.6 Å². The monoisotopic (exact) mass is 356 g/mol. The van der Waals surface area contributed by atoms with Gasteiger partial charge in [0.2, 0.25) is 5.91 Å². The second kappa shape index (κ2) is 8.40. The number of hydrogen-bond acceptors (Lipinski definition) is 4. The first-order chi connectivity index (χ1) is 12.8. The van der Waals surface area contributed by atoms with Crippen molar-refractivity contribution in [3.8, 4) is 0 Å². The molecule has 3 heterocycles. The first-order valence-corrected chi connectivity index (χ1v) is 10.3. The number of carbonyl (C=O) groups is 1. The number of likely N-dealkylation sites (tertiary alicyclic amines) is 1. The Kier molecular flexibility index (Phi) is 5.75. The predicted molar refractivity (Wildman–Crippen MR) is 106 cm³/mol. The molecule has 0 spiro atoms. The lowest BCUT2D eigenvalue weighted by atomic mass is 10.0. The number of amides is 1. The summed E-state index contributed by atoms with van der Waals surface area (Å²) in [6, 6.07) is 8.87. The van der Waals surface area contributed by atoms with Crippen molar-refractivity contribution in [2.24, 2.45) is 0 Å². The van der Waals surface area contributed by atoms with Crippen molar-refractivity contribution in [3.05, 3.63) is 29.8 Å². The van der Waals surface area contributed by atoms with Crippen LogP contribution in [-0.4, -0.2) is 86.1 Å². The highest BCUT2D eigenvalue weighted by atomic mass is 16.2.